The zero-order valence-corrected chi connectivity index (χ0v) is 9.30. The number of hydrogen-bond acceptors (Lipinski definition) is 3. The Balaban J connectivity index is 1.99. The Hall–Kier alpha value is -1.78. The van der Waals surface area contributed by atoms with Crippen molar-refractivity contribution in [2.24, 2.45) is 10.7 Å². The van der Waals surface area contributed by atoms with Gasteiger partial charge in [0.15, 0.2) is 5.96 Å². The number of rotatable bonds is 3. The summed E-state index contributed by atoms with van der Waals surface area (Å²) in [5.74, 6) is 0.667. The molecule has 0 unspecified atom stereocenters. The number of aromatic hydroxyl groups is 1. The van der Waals surface area contributed by atoms with E-state index in [9.17, 15) is 5.11 Å². The van der Waals surface area contributed by atoms with Crippen molar-refractivity contribution in [3.8, 4) is 5.75 Å². The van der Waals surface area contributed by atoms with Crippen molar-refractivity contribution < 1.29 is 5.11 Å². The highest BCUT2D eigenvalue weighted by molar-refractivity contribution is 5.78. The smallest absolute Gasteiger partial charge is 0.191 e. The van der Waals surface area contributed by atoms with Gasteiger partial charge in [-0.3, -0.25) is 4.98 Å². The Kier molecular flexibility index (Phi) is 2.94. The maximum atomic E-state index is 9.50. The van der Waals surface area contributed by atoms with E-state index in [1.165, 1.54) is 12.8 Å². The molecule has 0 aromatic carbocycles. The summed E-state index contributed by atoms with van der Waals surface area (Å²) in [5, 5.41) is 9.50. The Morgan fingerprint density at radius 3 is 3.06 bits per heavy atom. The molecule has 0 saturated heterocycles. The van der Waals surface area contributed by atoms with Crippen molar-refractivity contribution in [1.29, 1.82) is 0 Å². The molecule has 1 saturated carbocycles. The molecule has 86 valence electrons. The highest BCUT2D eigenvalue weighted by Gasteiger charge is 2.27. The summed E-state index contributed by atoms with van der Waals surface area (Å²) in [7, 11) is 1.94. The van der Waals surface area contributed by atoms with E-state index in [2.05, 4.69) is 9.98 Å². The van der Waals surface area contributed by atoms with Gasteiger partial charge in [0, 0.05) is 19.3 Å². The highest BCUT2D eigenvalue weighted by atomic mass is 16.3. The van der Waals surface area contributed by atoms with Crippen LogP contribution in [0.15, 0.2) is 23.3 Å². The van der Waals surface area contributed by atoms with Crippen LogP contribution in [-0.4, -0.2) is 34.0 Å². The fourth-order valence-electron chi connectivity index (χ4n) is 1.47. The van der Waals surface area contributed by atoms with Gasteiger partial charge in [-0.05, 0) is 25.0 Å². The number of aromatic nitrogens is 1. The number of nitrogens with zero attached hydrogens (tertiary/aromatic N) is 3. The number of hydrogen-bond donors (Lipinski definition) is 2. The molecule has 0 aliphatic heterocycles. The lowest BCUT2D eigenvalue weighted by Gasteiger charge is -2.16. The molecule has 2 rings (SSSR count). The lowest BCUT2D eigenvalue weighted by Crippen LogP contribution is -2.35. The molecule has 1 heterocycles. The molecule has 16 heavy (non-hydrogen) atoms. The van der Waals surface area contributed by atoms with Crippen LogP contribution in [0.25, 0.3) is 0 Å². The second-order valence-electron chi connectivity index (χ2n) is 3.99. The standard InChI is InChI=1S/C11H16N4O/c1-15(8-4-5-8)11(12)14-7-9-10(16)3-2-6-13-9/h2-3,6,8,16H,4-5,7H2,1H3,(H2,12,14). The van der Waals surface area contributed by atoms with Crippen LogP contribution in [0.2, 0.25) is 0 Å². The molecule has 1 aromatic rings. The van der Waals surface area contributed by atoms with Crippen LogP contribution in [0.1, 0.15) is 18.5 Å². The quantitative estimate of drug-likeness (QED) is 0.580. The van der Waals surface area contributed by atoms with Crippen LogP contribution in [0.5, 0.6) is 5.75 Å². The lowest BCUT2D eigenvalue weighted by molar-refractivity contribution is 0.462. The van der Waals surface area contributed by atoms with Crippen LogP contribution in [-0.2, 0) is 6.54 Å². The van der Waals surface area contributed by atoms with Crippen molar-refractivity contribution in [3.63, 3.8) is 0 Å². The van der Waals surface area contributed by atoms with E-state index in [0.717, 1.165) is 0 Å². The fourth-order valence-corrected chi connectivity index (χ4v) is 1.47. The third kappa shape index (κ3) is 2.42. The van der Waals surface area contributed by atoms with Crippen LogP contribution >= 0.6 is 0 Å². The molecule has 3 N–H and O–H groups in total. The SMILES string of the molecule is CN(C(N)=NCc1ncccc1O)C1CC1. The Morgan fingerprint density at radius 1 is 1.69 bits per heavy atom. The van der Waals surface area contributed by atoms with E-state index in [-0.39, 0.29) is 5.75 Å². The molecule has 0 radical (unpaired) electrons. The van der Waals surface area contributed by atoms with Gasteiger partial charge >= 0.3 is 0 Å². The Bertz CT molecular complexity index is 401. The van der Waals surface area contributed by atoms with Gasteiger partial charge in [0.1, 0.15) is 11.4 Å². The summed E-state index contributed by atoms with van der Waals surface area (Å²) in [4.78, 5) is 10.2. The van der Waals surface area contributed by atoms with Gasteiger partial charge in [0.2, 0.25) is 0 Å². The molecule has 5 nitrogen and oxygen atoms in total. The number of aliphatic imine (C=N–C) groups is 1. The van der Waals surface area contributed by atoms with E-state index < -0.39 is 0 Å². The molecule has 1 fully saturated rings. The zero-order valence-electron chi connectivity index (χ0n) is 9.30. The normalized spacial score (nSPS) is 16.2. The molecule has 0 spiro atoms. The molecule has 0 atom stereocenters. The average Bonchev–Trinajstić information content (AvgIpc) is 3.10. The molecule has 5 heteroatoms. The molecule has 1 aliphatic rings. The van der Waals surface area contributed by atoms with Crippen LogP contribution in [0.4, 0.5) is 0 Å². The van der Waals surface area contributed by atoms with Crippen molar-refractivity contribution in [3.05, 3.63) is 24.0 Å². The molecule has 0 bridgehead atoms. The summed E-state index contributed by atoms with van der Waals surface area (Å²) in [6.07, 6.45) is 3.99. The van der Waals surface area contributed by atoms with Crippen molar-refractivity contribution >= 4 is 5.96 Å². The first-order chi connectivity index (χ1) is 7.68. The van der Waals surface area contributed by atoms with Crippen LogP contribution in [0, 0.1) is 0 Å². The Morgan fingerprint density at radius 2 is 2.44 bits per heavy atom. The van der Waals surface area contributed by atoms with Gasteiger partial charge in [0.05, 0.1) is 6.54 Å². The maximum Gasteiger partial charge on any atom is 0.191 e. The maximum absolute atomic E-state index is 9.50. The third-order valence-electron chi connectivity index (χ3n) is 2.71. The van der Waals surface area contributed by atoms with E-state index >= 15 is 0 Å². The van der Waals surface area contributed by atoms with Gasteiger partial charge in [-0.15, -0.1) is 0 Å². The first kappa shape index (κ1) is 10.7. The summed E-state index contributed by atoms with van der Waals surface area (Å²) in [5.41, 5.74) is 6.37. The van der Waals surface area contributed by atoms with E-state index in [0.29, 0.717) is 24.2 Å². The molecule has 1 aromatic heterocycles. The monoisotopic (exact) mass is 220 g/mol. The van der Waals surface area contributed by atoms with E-state index in [4.69, 9.17) is 5.73 Å². The minimum absolute atomic E-state index is 0.160. The second kappa shape index (κ2) is 4.38. The van der Waals surface area contributed by atoms with Crippen molar-refractivity contribution in [2.45, 2.75) is 25.4 Å². The Labute approximate surface area is 94.6 Å². The van der Waals surface area contributed by atoms with Gasteiger partial charge in [-0.2, -0.15) is 0 Å². The number of nitrogens with two attached hydrogens (primary N) is 1. The molecule has 0 amide bonds. The van der Waals surface area contributed by atoms with Gasteiger partial charge < -0.3 is 15.7 Å². The summed E-state index contributed by atoms with van der Waals surface area (Å²) in [6, 6.07) is 3.82. The first-order valence-electron chi connectivity index (χ1n) is 5.34. The summed E-state index contributed by atoms with van der Waals surface area (Å²) in [6.45, 7) is 0.315. The molecular weight excluding hydrogens is 204 g/mol. The summed E-state index contributed by atoms with van der Waals surface area (Å²) < 4.78 is 0. The van der Waals surface area contributed by atoms with Crippen LogP contribution in [0.3, 0.4) is 0 Å². The minimum Gasteiger partial charge on any atom is -0.506 e. The van der Waals surface area contributed by atoms with E-state index in [1.807, 2.05) is 11.9 Å². The van der Waals surface area contributed by atoms with Gasteiger partial charge in [-0.25, -0.2) is 4.99 Å². The number of guanidine groups is 1. The zero-order chi connectivity index (χ0) is 11.5. The fraction of sp³-hybridized carbons (Fsp3) is 0.455. The molecule has 1 aliphatic carbocycles. The summed E-state index contributed by atoms with van der Waals surface area (Å²) >= 11 is 0. The van der Waals surface area contributed by atoms with Crippen molar-refractivity contribution in [2.75, 3.05) is 7.05 Å². The minimum atomic E-state index is 0.160. The van der Waals surface area contributed by atoms with Crippen LogP contribution < -0.4 is 5.73 Å². The lowest BCUT2D eigenvalue weighted by atomic mass is 10.3. The van der Waals surface area contributed by atoms with Gasteiger partial charge in [0.25, 0.3) is 0 Å². The predicted molar refractivity (Wildman–Crippen MR) is 62.0 cm³/mol. The number of pyridine rings is 1. The second-order valence-corrected chi connectivity index (χ2v) is 3.99. The molecular formula is C11H16N4O. The highest BCUT2D eigenvalue weighted by Crippen LogP contribution is 2.25. The topological polar surface area (TPSA) is 74.7 Å². The van der Waals surface area contributed by atoms with E-state index in [1.54, 1.807) is 18.3 Å². The third-order valence-corrected chi connectivity index (χ3v) is 2.71. The first-order valence-corrected chi connectivity index (χ1v) is 5.34. The van der Waals surface area contributed by atoms with Crippen molar-refractivity contribution in [1.82, 2.24) is 9.88 Å². The van der Waals surface area contributed by atoms with Gasteiger partial charge in [-0.1, -0.05) is 0 Å². The largest absolute Gasteiger partial charge is 0.506 e. The average molecular weight is 220 g/mol. The predicted octanol–water partition coefficient (Wildman–Crippen LogP) is 0.696.